The molecule has 0 unspecified atom stereocenters. The third-order valence-corrected chi connectivity index (χ3v) is 4.23. The summed E-state index contributed by atoms with van der Waals surface area (Å²) in [5, 5.41) is 13.3. The Hall–Kier alpha value is -3.52. The van der Waals surface area contributed by atoms with Crippen LogP contribution in [0.2, 0.25) is 0 Å². The van der Waals surface area contributed by atoms with Gasteiger partial charge in [0.2, 0.25) is 5.91 Å². The van der Waals surface area contributed by atoms with E-state index in [1.807, 2.05) is 0 Å². The Balaban J connectivity index is 1.56. The van der Waals surface area contributed by atoms with Gasteiger partial charge in [-0.2, -0.15) is 0 Å². The molecule has 0 radical (unpaired) electrons. The fraction of sp³-hybridized carbons (Fsp3) is 0.200. The summed E-state index contributed by atoms with van der Waals surface area (Å²) in [4.78, 5) is 36.3. The van der Waals surface area contributed by atoms with Gasteiger partial charge >= 0.3 is 0 Å². The number of hydrogen-bond donors (Lipinski definition) is 1. The van der Waals surface area contributed by atoms with Gasteiger partial charge in [0.1, 0.15) is 0 Å². The molecule has 0 atom stereocenters. The average molecular weight is 381 g/mol. The number of carbonyl (C=O) groups excluding carboxylic acids is 2. The molecule has 1 saturated heterocycles. The van der Waals surface area contributed by atoms with Crippen molar-refractivity contribution in [2.45, 2.75) is 0 Å². The summed E-state index contributed by atoms with van der Waals surface area (Å²) in [6.45, 7) is 2.23. The van der Waals surface area contributed by atoms with E-state index in [0.29, 0.717) is 43.1 Å². The number of nitro benzene ring substituents is 1. The standard InChI is InChI=1S/C20H19N3O5/c24-19(10-3-15-1-8-18(9-2-15)23(26)27)21-17-6-4-16(5-7-17)20(25)22-11-13-28-14-12-22/h1-10H,11-14H2,(H,21,24)/b10-3+. The van der Waals surface area contributed by atoms with Gasteiger partial charge in [-0.15, -0.1) is 0 Å². The molecule has 0 saturated carbocycles. The SMILES string of the molecule is O=C(/C=C/c1ccc([N+](=O)[O-])cc1)Nc1ccc(C(=O)N2CCOCC2)cc1. The van der Waals surface area contributed by atoms with Crippen LogP contribution in [0.5, 0.6) is 0 Å². The molecule has 0 spiro atoms. The number of carbonyl (C=O) groups is 2. The molecule has 2 aromatic rings. The van der Waals surface area contributed by atoms with Crippen molar-refractivity contribution < 1.29 is 19.2 Å². The van der Waals surface area contributed by atoms with Crippen molar-refractivity contribution >= 4 is 29.3 Å². The van der Waals surface area contributed by atoms with Crippen LogP contribution in [0.25, 0.3) is 6.08 Å². The van der Waals surface area contributed by atoms with Crippen molar-refractivity contribution in [3.8, 4) is 0 Å². The second-order valence-electron chi connectivity index (χ2n) is 6.15. The number of anilines is 1. The number of nitrogens with zero attached hydrogens (tertiary/aromatic N) is 2. The Morgan fingerprint density at radius 2 is 1.68 bits per heavy atom. The molecule has 144 valence electrons. The lowest BCUT2D eigenvalue weighted by Gasteiger charge is -2.26. The molecule has 8 heteroatoms. The fourth-order valence-electron chi connectivity index (χ4n) is 2.71. The van der Waals surface area contributed by atoms with E-state index in [2.05, 4.69) is 5.32 Å². The quantitative estimate of drug-likeness (QED) is 0.487. The molecule has 28 heavy (non-hydrogen) atoms. The average Bonchev–Trinajstić information content (AvgIpc) is 2.73. The largest absolute Gasteiger partial charge is 0.378 e. The van der Waals surface area contributed by atoms with Gasteiger partial charge in [-0.05, 0) is 48.0 Å². The number of nitrogens with one attached hydrogen (secondary N) is 1. The van der Waals surface area contributed by atoms with Crippen LogP contribution >= 0.6 is 0 Å². The highest BCUT2D eigenvalue weighted by Gasteiger charge is 2.18. The van der Waals surface area contributed by atoms with Crippen molar-refractivity contribution in [2.24, 2.45) is 0 Å². The maximum absolute atomic E-state index is 12.4. The first kappa shape index (κ1) is 19.2. The van der Waals surface area contributed by atoms with Gasteiger partial charge in [0.15, 0.2) is 0 Å². The highest BCUT2D eigenvalue weighted by molar-refractivity contribution is 6.02. The van der Waals surface area contributed by atoms with Crippen molar-refractivity contribution in [3.05, 3.63) is 75.8 Å². The summed E-state index contributed by atoms with van der Waals surface area (Å²) in [7, 11) is 0. The van der Waals surface area contributed by atoms with Crippen LogP contribution in [0.15, 0.2) is 54.6 Å². The zero-order valence-electron chi connectivity index (χ0n) is 15.0. The molecule has 0 aromatic heterocycles. The number of amides is 2. The van der Waals surface area contributed by atoms with E-state index in [4.69, 9.17) is 4.74 Å². The van der Waals surface area contributed by atoms with Crippen LogP contribution in [0.3, 0.4) is 0 Å². The first-order valence-corrected chi connectivity index (χ1v) is 8.73. The van der Waals surface area contributed by atoms with Crippen molar-refractivity contribution in [3.63, 3.8) is 0 Å². The highest BCUT2D eigenvalue weighted by Crippen LogP contribution is 2.14. The molecular weight excluding hydrogens is 362 g/mol. The number of hydrogen-bond acceptors (Lipinski definition) is 5. The van der Waals surface area contributed by atoms with Gasteiger partial charge in [0.05, 0.1) is 18.1 Å². The van der Waals surface area contributed by atoms with E-state index < -0.39 is 4.92 Å². The third kappa shape index (κ3) is 5.01. The monoisotopic (exact) mass is 381 g/mol. The molecule has 0 bridgehead atoms. The van der Waals surface area contributed by atoms with Crippen molar-refractivity contribution in [1.82, 2.24) is 4.90 Å². The minimum Gasteiger partial charge on any atom is -0.378 e. The van der Waals surface area contributed by atoms with Crippen LogP contribution in [-0.4, -0.2) is 47.9 Å². The number of rotatable bonds is 5. The van der Waals surface area contributed by atoms with Crippen LogP contribution in [0, 0.1) is 10.1 Å². The second kappa shape index (κ2) is 8.92. The molecule has 2 aromatic carbocycles. The summed E-state index contributed by atoms with van der Waals surface area (Å²) >= 11 is 0. The highest BCUT2D eigenvalue weighted by atomic mass is 16.6. The van der Waals surface area contributed by atoms with Gasteiger partial charge in [-0.3, -0.25) is 19.7 Å². The lowest BCUT2D eigenvalue weighted by molar-refractivity contribution is -0.384. The van der Waals surface area contributed by atoms with Gasteiger partial charge in [0.25, 0.3) is 11.6 Å². The zero-order valence-corrected chi connectivity index (χ0v) is 15.0. The summed E-state index contributed by atoms with van der Waals surface area (Å²) in [6.07, 6.45) is 2.91. The zero-order chi connectivity index (χ0) is 19.9. The lowest BCUT2D eigenvalue weighted by atomic mass is 10.1. The Labute approximate surface area is 161 Å². The number of morpholine rings is 1. The Kier molecular flexibility index (Phi) is 6.13. The fourth-order valence-corrected chi connectivity index (χ4v) is 2.71. The normalized spacial score (nSPS) is 14.1. The smallest absolute Gasteiger partial charge is 0.269 e. The lowest BCUT2D eigenvalue weighted by Crippen LogP contribution is -2.40. The summed E-state index contributed by atoms with van der Waals surface area (Å²) in [5.41, 5.74) is 1.79. The molecule has 0 aliphatic carbocycles. The van der Waals surface area contributed by atoms with Crippen LogP contribution < -0.4 is 5.32 Å². The molecule has 1 aliphatic rings. The number of benzene rings is 2. The number of nitro groups is 1. The van der Waals surface area contributed by atoms with E-state index in [0.717, 1.165) is 0 Å². The van der Waals surface area contributed by atoms with E-state index in [1.165, 1.54) is 18.2 Å². The predicted octanol–water partition coefficient (Wildman–Crippen LogP) is 2.72. The maximum atomic E-state index is 12.4. The van der Waals surface area contributed by atoms with Gasteiger partial charge in [-0.1, -0.05) is 0 Å². The summed E-state index contributed by atoms with van der Waals surface area (Å²) in [5.74, 6) is -0.398. The minimum atomic E-state index is -0.479. The van der Waals surface area contributed by atoms with Crippen LogP contribution in [0.4, 0.5) is 11.4 Å². The molecular formula is C20H19N3O5. The van der Waals surface area contributed by atoms with Crippen molar-refractivity contribution in [2.75, 3.05) is 31.6 Å². The molecule has 1 fully saturated rings. The van der Waals surface area contributed by atoms with Gasteiger partial charge < -0.3 is 15.0 Å². The molecule has 3 rings (SSSR count). The van der Waals surface area contributed by atoms with Crippen LogP contribution in [0.1, 0.15) is 15.9 Å². The molecule has 1 N–H and O–H groups in total. The molecule has 1 aliphatic heterocycles. The van der Waals surface area contributed by atoms with Crippen LogP contribution in [-0.2, 0) is 9.53 Å². The topological polar surface area (TPSA) is 102 Å². The van der Waals surface area contributed by atoms with E-state index in [9.17, 15) is 19.7 Å². The Bertz CT molecular complexity index is 885. The van der Waals surface area contributed by atoms with Crippen molar-refractivity contribution in [1.29, 1.82) is 0 Å². The molecule has 2 amide bonds. The first-order chi connectivity index (χ1) is 13.5. The van der Waals surface area contributed by atoms with E-state index in [-0.39, 0.29) is 17.5 Å². The number of non-ortho nitro benzene ring substituents is 1. The maximum Gasteiger partial charge on any atom is 0.269 e. The minimum absolute atomic E-state index is 0.00619. The van der Waals surface area contributed by atoms with Gasteiger partial charge in [-0.25, -0.2) is 0 Å². The number of ether oxygens (including phenoxy) is 1. The Morgan fingerprint density at radius 3 is 2.29 bits per heavy atom. The third-order valence-electron chi connectivity index (χ3n) is 4.23. The first-order valence-electron chi connectivity index (χ1n) is 8.73. The Morgan fingerprint density at radius 1 is 1.04 bits per heavy atom. The van der Waals surface area contributed by atoms with E-state index in [1.54, 1.807) is 47.4 Å². The molecule has 1 heterocycles. The predicted molar refractivity (Wildman–Crippen MR) is 104 cm³/mol. The van der Waals surface area contributed by atoms with E-state index >= 15 is 0 Å². The second-order valence-corrected chi connectivity index (χ2v) is 6.15. The van der Waals surface area contributed by atoms with Gasteiger partial charge in [0, 0.05) is 42.5 Å². The summed E-state index contributed by atoms with van der Waals surface area (Å²) in [6, 6.07) is 12.6. The summed E-state index contributed by atoms with van der Waals surface area (Å²) < 4.78 is 5.24. The molecule has 8 nitrogen and oxygen atoms in total.